The topological polar surface area (TPSA) is 76.1 Å². The number of carbonyl (C=O) groups excluding carboxylic acids is 1. The summed E-state index contributed by atoms with van der Waals surface area (Å²) in [5, 5.41) is 13.9. The fourth-order valence-corrected chi connectivity index (χ4v) is 1.92. The second kappa shape index (κ2) is 7.40. The first-order valence-electron chi connectivity index (χ1n) is 7.10. The van der Waals surface area contributed by atoms with E-state index in [-0.39, 0.29) is 11.9 Å². The molecule has 0 saturated carbocycles. The Balaban J connectivity index is 1.98. The largest absolute Gasteiger partial charge is 0.496 e. The van der Waals surface area contributed by atoms with Gasteiger partial charge in [-0.15, -0.1) is 10.2 Å². The molecule has 1 amide bonds. The summed E-state index contributed by atoms with van der Waals surface area (Å²) >= 11 is 0. The van der Waals surface area contributed by atoms with Gasteiger partial charge in [0.15, 0.2) is 5.69 Å². The van der Waals surface area contributed by atoms with E-state index in [1.54, 1.807) is 19.2 Å². The van der Waals surface area contributed by atoms with Gasteiger partial charge in [-0.05, 0) is 32.0 Å². The number of ether oxygens (including phenoxy) is 1. The summed E-state index contributed by atoms with van der Waals surface area (Å²) in [6.45, 7) is 4.36. The number of aromatic nitrogens is 2. The lowest BCUT2D eigenvalue weighted by Crippen LogP contribution is -2.30. The number of anilines is 1. The van der Waals surface area contributed by atoms with Crippen LogP contribution in [-0.4, -0.2) is 29.3 Å². The average Bonchev–Trinajstić information content (AvgIpc) is 2.53. The molecule has 0 fully saturated rings. The van der Waals surface area contributed by atoms with Gasteiger partial charge in [0.2, 0.25) is 0 Å². The van der Waals surface area contributed by atoms with Crippen molar-refractivity contribution in [2.75, 3.05) is 12.4 Å². The van der Waals surface area contributed by atoms with Crippen molar-refractivity contribution in [1.82, 2.24) is 15.5 Å². The molecule has 0 unspecified atom stereocenters. The van der Waals surface area contributed by atoms with Gasteiger partial charge in [0.1, 0.15) is 11.6 Å². The molecular formula is C16H20N4O2. The molecule has 0 aliphatic rings. The standard InChI is InChI=1S/C16H20N4O2/c1-11(2)18-16(21)13-8-9-15(20-19-13)17-10-12-6-4-5-7-14(12)22-3/h4-9,11H,10H2,1-3H3,(H,17,20)(H,18,21). The number of rotatable bonds is 6. The lowest BCUT2D eigenvalue weighted by atomic mass is 10.2. The summed E-state index contributed by atoms with van der Waals surface area (Å²) in [7, 11) is 1.64. The number of carbonyl (C=O) groups is 1. The third-order valence-corrected chi connectivity index (χ3v) is 2.97. The normalized spacial score (nSPS) is 10.4. The summed E-state index contributed by atoms with van der Waals surface area (Å²) in [5.41, 5.74) is 1.32. The van der Waals surface area contributed by atoms with Crippen molar-refractivity contribution in [3.05, 3.63) is 47.7 Å². The highest BCUT2D eigenvalue weighted by atomic mass is 16.5. The Morgan fingerprint density at radius 1 is 1.18 bits per heavy atom. The van der Waals surface area contributed by atoms with Gasteiger partial charge in [-0.3, -0.25) is 4.79 Å². The van der Waals surface area contributed by atoms with Gasteiger partial charge in [0.05, 0.1) is 7.11 Å². The van der Waals surface area contributed by atoms with Crippen LogP contribution in [0.3, 0.4) is 0 Å². The van der Waals surface area contributed by atoms with Crippen molar-refractivity contribution >= 4 is 11.7 Å². The number of nitrogens with zero attached hydrogens (tertiary/aromatic N) is 2. The van der Waals surface area contributed by atoms with Crippen LogP contribution in [0, 0.1) is 0 Å². The molecule has 1 aromatic heterocycles. The average molecular weight is 300 g/mol. The molecule has 0 radical (unpaired) electrons. The Morgan fingerprint density at radius 2 is 1.95 bits per heavy atom. The van der Waals surface area contributed by atoms with Crippen molar-refractivity contribution in [2.24, 2.45) is 0 Å². The predicted octanol–water partition coefficient (Wildman–Crippen LogP) is 2.24. The molecule has 1 heterocycles. The molecule has 0 atom stereocenters. The number of nitrogens with one attached hydrogen (secondary N) is 2. The summed E-state index contributed by atoms with van der Waals surface area (Å²) in [4.78, 5) is 11.8. The number of hydrogen-bond acceptors (Lipinski definition) is 5. The van der Waals surface area contributed by atoms with E-state index in [4.69, 9.17) is 4.74 Å². The minimum absolute atomic E-state index is 0.0673. The van der Waals surface area contributed by atoms with Gasteiger partial charge in [-0.1, -0.05) is 18.2 Å². The van der Waals surface area contributed by atoms with Gasteiger partial charge < -0.3 is 15.4 Å². The second-order valence-corrected chi connectivity index (χ2v) is 5.10. The van der Waals surface area contributed by atoms with Crippen molar-refractivity contribution in [1.29, 1.82) is 0 Å². The highest BCUT2D eigenvalue weighted by Gasteiger charge is 2.09. The van der Waals surface area contributed by atoms with E-state index in [0.29, 0.717) is 18.1 Å². The Bertz CT molecular complexity index is 626. The molecule has 0 spiro atoms. The Labute approximate surface area is 129 Å². The van der Waals surface area contributed by atoms with Crippen LogP contribution in [0.15, 0.2) is 36.4 Å². The van der Waals surface area contributed by atoms with Crippen LogP contribution in [0.25, 0.3) is 0 Å². The number of benzene rings is 1. The van der Waals surface area contributed by atoms with E-state index in [2.05, 4.69) is 20.8 Å². The van der Waals surface area contributed by atoms with Crippen LogP contribution in [0.2, 0.25) is 0 Å². The minimum Gasteiger partial charge on any atom is -0.496 e. The zero-order valence-corrected chi connectivity index (χ0v) is 13.0. The molecule has 0 aliphatic heterocycles. The van der Waals surface area contributed by atoms with Crippen LogP contribution >= 0.6 is 0 Å². The van der Waals surface area contributed by atoms with Crippen molar-refractivity contribution in [3.63, 3.8) is 0 Å². The van der Waals surface area contributed by atoms with E-state index in [1.165, 1.54) is 0 Å². The van der Waals surface area contributed by atoms with E-state index in [9.17, 15) is 4.79 Å². The number of amides is 1. The van der Waals surface area contributed by atoms with Gasteiger partial charge in [-0.2, -0.15) is 0 Å². The molecule has 6 heteroatoms. The quantitative estimate of drug-likeness (QED) is 0.855. The predicted molar refractivity (Wildman–Crippen MR) is 85.0 cm³/mol. The molecule has 116 valence electrons. The molecule has 22 heavy (non-hydrogen) atoms. The molecule has 0 bridgehead atoms. The first-order chi connectivity index (χ1) is 10.6. The number of hydrogen-bond donors (Lipinski definition) is 2. The second-order valence-electron chi connectivity index (χ2n) is 5.10. The highest BCUT2D eigenvalue weighted by molar-refractivity contribution is 5.92. The van der Waals surface area contributed by atoms with Gasteiger partial charge >= 0.3 is 0 Å². The Hall–Kier alpha value is -2.63. The Morgan fingerprint density at radius 3 is 2.59 bits per heavy atom. The van der Waals surface area contributed by atoms with Crippen LogP contribution in [0.5, 0.6) is 5.75 Å². The summed E-state index contributed by atoms with van der Waals surface area (Å²) < 4.78 is 5.29. The van der Waals surface area contributed by atoms with E-state index in [1.807, 2.05) is 38.1 Å². The molecule has 0 aliphatic carbocycles. The van der Waals surface area contributed by atoms with Crippen LogP contribution in [0.4, 0.5) is 5.82 Å². The lowest BCUT2D eigenvalue weighted by Gasteiger charge is -2.10. The molecule has 6 nitrogen and oxygen atoms in total. The third kappa shape index (κ3) is 4.18. The van der Waals surface area contributed by atoms with Crippen LogP contribution < -0.4 is 15.4 Å². The van der Waals surface area contributed by atoms with Crippen molar-refractivity contribution < 1.29 is 9.53 Å². The maximum Gasteiger partial charge on any atom is 0.271 e. The fourth-order valence-electron chi connectivity index (χ4n) is 1.92. The van der Waals surface area contributed by atoms with Crippen molar-refractivity contribution in [3.8, 4) is 5.75 Å². The summed E-state index contributed by atoms with van der Waals surface area (Å²) in [6, 6.07) is 11.2. The van der Waals surface area contributed by atoms with Gasteiger partial charge in [-0.25, -0.2) is 0 Å². The van der Waals surface area contributed by atoms with E-state index in [0.717, 1.165) is 11.3 Å². The minimum atomic E-state index is -0.223. The highest BCUT2D eigenvalue weighted by Crippen LogP contribution is 2.18. The number of para-hydroxylation sites is 1. The fraction of sp³-hybridized carbons (Fsp3) is 0.312. The van der Waals surface area contributed by atoms with E-state index >= 15 is 0 Å². The Kier molecular flexibility index (Phi) is 5.30. The monoisotopic (exact) mass is 300 g/mol. The van der Waals surface area contributed by atoms with Crippen LogP contribution in [0.1, 0.15) is 29.9 Å². The lowest BCUT2D eigenvalue weighted by molar-refractivity contribution is 0.0937. The summed E-state index contributed by atoms with van der Waals surface area (Å²) in [5.74, 6) is 1.20. The maximum atomic E-state index is 11.8. The SMILES string of the molecule is COc1ccccc1CNc1ccc(C(=O)NC(C)C)nn1. The molecule has 2 N–H and O–H groups in total. The zero-order valence-electron chi connectivity index (χ0n) is 13.0. The van der Waals surface area contributed by atoms with Crippen LogP contribution in [-0.2, 0) is 6.54 Å². The molecule has 2 rings (SSSR count). The summed E-state index contributed by atoms with van der Waals surface area (Å²) in [6.07, 6.45) is 0. The van der Waals surface area contributed by atoms with Gasteiger partial charge in [0, 0.05) is 18.2 Å². The zero-order chi connectivity index (χ0) is 15.9. The third-order valence-electron chi connectivity index (χ3n) is 2.97. The first kappa shape index (κ1) is 15.8. The molecule has 2 aromatic rings. The van der Waals surface area contributed by atoms with Gasteiger partial charge in [0.25, 0.3) is 5.91 Å². The molecule has 0 saturated heterocycles. The smallest absolute Gasteiger partial charge is 0.271 e. The van der Waals surface area contributed by atoms with Crippen molar-refractivity contribution in [2.45, 2.75) is 26.4 Å². The van der Waals surface area contributed by atoms with E-state index < -0.39 is 0 Å². The molecule has 1 aromatic carbocycles. The number of methoxy groups -OCH3 is 1. The maximum absolute atomic E-state index is 11.8. The first-order valence-corrected chi connectivity index (χ1v) is 7.10. The molecular weight excluding hydrogens is 280 g/mol.